The first-order valence-electron chi connectivity index (χ1n) is 6.84. The van der Waals surface area contributed by atoms with Gasteiger partial charge in [-0.2, -0.15) is 0 Å². The van der Waals surface area contributed by atoms with Gasteiger partial charge in [0.25, 0.3) is 0 Å². The van der Waals surface area contributed by atoms with Crippen molar-refractivity contribution in [2.45, 2.75) is 38.8 Å². The van der Waals surface area contributed by atoms with Crippen molar-refractivity contribution in [3.05, 3.63) is 35.9 Å². The molecule has 3 atom stereocenters. The maximum Gasteiger partial charge on any atom is 0.240 e. The summed E-state index contributed by atoms with van der Waals surface area (Å²) in [6.07, 6.45) is 1.18. The predicted octanol–water partition coefficient (Wildman–Crippen LogP) is 0.573. The highest BCUT2D eigenvalue weighted by atomic mass is 16.2. The molecule has 0 aromatic heterocycles. The van der Waals surface area contributed by atoms with Crippen molar-refractivity contribution >= 4 is 11.8 Å². The van der Waals surface area contributed by atoms with E-state index in [-0.39, 0.29) is 11.8 Å². The summed E-state index contributed by atoms with van der Waals surface area (Å²) in [5.41, 5.74) is 12.2. The molecule has 0 bridgehead atoms. The van der Waals surface area contributed by atoms with Gasteiger partial charge in [-0.3, -0.25) is 9.59 Å². The minimum Gasteiger partial charge on any atom is -0.368 e. The van der Waals surface area contributed by atoms with Gasteiger partial charge in [0.1, 0.15) is 6.04 Å². The van der Waals surface area contributed by atoms with Crippen LogP contribution in [-0.4, -0.2) is 23.9 Å². The van der Waals surface area contributed by atoms with Crippen LogP contribution in [0.4, 0.5) is 0 Å². The van der Waals surface area contributed by atoms with Crippen LogP contribution in [0.25, 0.3) is 0 Å². The molecule has 0 saturated heterocycles. The average Bonchev–Trinajstić information content (AvgIpc) is 2.44. The SMILES string of the molecule is CCC(C)[C@H](NC(=O)[C@@H](N)Cc1ccccc1)C(N)=O. The number of carbonyl (C=O) groups is 2. The van der Waals surface area contributed by atoms with E-state index >= 15 is 0 Å². The quantitative estimate of drug-likeness (QED) is 0.679. The van der Waals surface area contributed by atoms with Crippen molar-refractivity contribution in [1.29, 1.82) is 0 Å². The molecule has 5 heteroatoms. The van der Waals surface area contributed by atoms with Gasteiger partial charge in [-0.05, 0) is 17.9 Å². The molecule has 0 aliphatic rings. The Balaban J connectivity index is 2.62. The van der Waals surface area contributed by atoms with E-state index in [2.05, 4.69) is 5.32 Å². The molecule has 110 valence electrons. The van der Waals surface area contributed by atoms with Crippen LogP contribution in [0.15, 0.2) is 30.3 Å². The molecule has 0 aliphatic carbocycles. The summed E-state index contributed by atoms with van der Waals surface area (Å²) >= 11 is 0. The molecule has 2 amide bonds. The van der Waals surface area contributed by atoms with Gasteiger partial charge in [0.05, 0.1) is 6.04 Å². The van der Waals surface area contributed by atoms with Crippen LogP contribution in [0.3, 0.4) is 0 Å². The Bertz CT molecular complexity index is 448. The largest absolute Gasteiger partial charge is 0.368 e. The summed E-state index contributed by atoms with van der Waals surface area (Å²) in [6.45, 7) is 3.81. The van der Waals surface area contributed by atoms with Gasteiger partial charge in [0.2, 0.25) is 11.8 Å². The first kappa shape index (κ1) is 16.2. The maximum atomic E-state index is 12.0. The summed E-state index contributed by atoms with van der Waals surface area (Å²) < 4.78 is 0. The third-order valence-electron chi connectivity index (χ3n) is 3.45. The zero-order valence-electron chi connectivity index (χ0n) is 12.0. The standard InChI is InChI=1S/C15H23N3O2/c1-3-10(2)13(14(17)19)18-15(20)12(16)9-11-7-5-4-6-8-11/h4-8,10,12-13H,3,9,16H2,1-2H3,(H2,17,19)(H,18,20)/t10?,12-,13-/m0/s1. The number of rotatable bonds is 7. The van der Waals surface area contributed by atoms with E-state index in [0.29, 0.717) is 6.42 Å². The van der Waals surface area contributed by atoms with Crippen LogP contribution in [-0.2, 0) is 16.0 Å². The molecular weight excluding hydrogens is 254 g/mol. The number of amides is 2. The smallest absolute Gasteiger partial charge is 0.240 e. The fourth-order valence-electron chi connectivity index (χ4n) is 1.95. The van der Waals surface area contributed by atoms with Crippen LogP contribution < -0.4 is 16.8 Å². The molecule has 0 fully saturated rings. The Labute approximate surface area is 119 Å². The lowest BCUT2D eigenvalue weighted by molar-refractivity contribution is -0.129. The van der Waals surface area contributed by atoms with E-state index in [0.717, 1.165) is 12.0 Å². The molecule has 0 radical (unpaired) electrons. The predicted molar refractivity (Wildman–Crippen MR) is 78.7 cm³/mol. The highest BCUT2D eigenvalue weighted by molar-refractivity contribution is 5.89. The van der Waals surface area contributed by atoms with Gasteiger partial charge in [-0.15, -0.1) is 0 Å². The lowest BCUT2D eigenvalue weighted by Gasteiger charge is -2.23. The average molecular weight is 277 g/mol. The summed E-state index contributed by atoms with van der Waals surface area (Å²) in [5, 5.41) is 2.65. The molecule has 5 nitrogen and oxygen atoms in total. The number of primary amides is 1. The van der Waals surface area contributed by atoms with Crippen LogP contribution in [0, 0.1) is 5.92 Å². The monoisotopic (exact) mass is 277 g/mol. The summed E-state index contributed by atoms with van der Waals surface area (Å²) in [4.78, 5) is 23.4. The minimum absolute atomic E-state index is 0.0135. The van der Waals surface area contributed by atoms with Gasteiger partial charge in [0, 0.05) is 0 Å². The van der Waals surface area contributed by atoms with E-state index in [9.17, 15) is 9.59 Å². The molecule has 0 saturated carbocycles. The third-order valence-corrected chi connectivity index (χ3v) is 3.45. The summed E-state index contributed by atoms with van der Waals surface area (Å²) in [5.74, 6) is -0.891. The molecule has 5 N–H and O–H groups in total. The molecule has 1 aromatic carbocycles. The fraction of sp³-hybridized carbons (Fsp3) is 0.467. The Hall–Kier alpha value is -1.88. The number of nitrogens with two attached hydrogens (primary N) is 2. The van der Waals surface area contributed by atoms with E-state index in [1.807, 2.05) is 44.2 Å². The number of hydrogen-bond donors (Lipinski definition) is 3. The summed E-state index contributed by atoms with van der Waals surface area (Å²) in [6, 6.07) is 8.15. The van der Waals surface area contributed by atoms with E-state index in [1.54, 1.807) is 0 Å². The van der Waals surface area contributed by atoms with Crippen LogP contribution in [0.2, 0.25) is 0 Å². The van der Waals surface area contributed by atoms with Crippen molar-refractivity contribution < 1.29 is 9.59 Å². The molecule has 1 aromatic rings. The summed E-state index contributed by atoms with van der Waals surface area (Å²) in [7, 11) is 0. The van der Waals surface area contributed by atoms with Crippen molar-refractivity contribution in [3.8, 4) is 0 Å². The van der Waals surface area contributed by atoms with Crippen molar-refractivity contribution in [3.63, 3.8) is 0 Å². The zero-order chi connectivity index (χ0) is 15.1. The maximum absolute atomic E-state index is 12.0. The van der Waals surface area contributed by atoms with Gasteiger partial charge in [-0.1, -0.05) is 50.6 Å². The lowest BCUT2D eigenvalue weighted by Crippen LogP contribution is -2.53. The normalized spacial score (nSPS) is 15.2. The third kappa shape index (κ3) is 4.66. The van der Waals surface area contributed by atoms with Crippen LogP contribution in [0.1, 0.15) is 25.8 Å². The Morgan fingerprint density at radius 1 is 1.25 bits per heavy atom. The highest BCUT2D eigenvalue weighted by Gasteiger charge is 2.25. The molecule has 0 aliphatic heterocycles. The topological polar surface area (TPSA) is 98.2 Å². The van der Waals surface area contributed by atoms with Crippen LogP contribution in [0.5, 0.6) is 0 Å². The molecule has 1 unspecified atom stereocenters. The first-order chi connectivity index (χ1) is 9.45. The number of nitrogens with one attached hydrogen (secondary N) is 1. The van der Waals surface area contributed by atoms with Gasteiger partial charge in [0.15, 0.2) is 0 Å². The van der Waals surface area contributed by atoms with Crippen molar-refractivity contribution in [2.24, 2.45) is 17.4 Å². The van der Waals surface area contributed by atoms with Crippen LogP contribution >= 0.6 is 0 Å². The van der Waals surface area contributed by atoms with E-state index in [1.165, 1.54) is 0 Å². The van der Waals surface area contributed by atoms with Gasteiger partial charge in [-0.25, -0.2) is 0 Å². The number of benzene rings is 1. The second-order valence-corrected chi connectivity index (χ2v) is 5.07. The zero-order valence-corrected chi connectivity index (χ0v) is 12.0. The Morgan fingerprint density at radius 3 is 2.35 bits per heavy atom. The molecule has 20 heavy (non-hydrogen) atoms. The van der Waals surface area contributed by atoms with E-state index < -0.39 is 18.0 Å². The van der Waals surface area contributed by atoms with Crippen molar-refractivity contribution in [2.75, 3.05) is 0 Å². The fourth-order valence-corrected chi connectivity index (χ4v) is 1.95. The molecule has 0 heterocycles. The Kier molecular flexibility index (Phi) is 6.18. The first-order valence-corrected chi connectivity index (χ1v) is 6.84. The van der Waals surface area contributed by atoms with E-state index in [4.69, 9.17) is 11.5 Å². The number of carbonyl (C=O) groups excluding carboxylic acids is 2. The molecule has 0 spiro atoms. The molecule has 1 rings (SSSR count). The second kappa shape index (κ2) is 7.65. The van der Waals surface area contributed by atoms with Gasteiger partial charge >= 0.3 is 0 Å². The minimum atomic E-state index is -0.691. The Morgan fingerprint density at radius 2 is 1.85 bits per heavy atom. The van der Waals surface area contributed by atoms with Gasteiger partial charge < -0.3 is 16.8 Å². The second-order valence-electron chi connectivity index (χ2n) is 5.07. The molecular formula is C15H23N3O2. The lowest BCUT2D eigenvalue weighted by atomic mass is 9.97. The number of hydrogen-bond acceptors (Lipinski definition) is 3. The highest BCUT2D eigenvalue weighted by Crippen LogP contribution is 2.08. The van der Waals surface area contributed by atoms with Crippen molar-refractivity contribution in [1.82, 2.24) is 5.32 Å².